The Morgan fingerprint density at radius 2 is 1.88 bits per heavy atom. The first-order valence-electron chi connectivity index (χ1n) is 9.28. The van der Waals surface area contributed by atoms with Crippen LogP contribution in [0.5, 0.6) is 0 Å². The van der Waals surface area contributed by atoms with Gasteiger partial charge in [0.1, 0.15) is 11.6 Å². The van der Waals surface area contributed by atoms with Crippen molar-refractivity contribution in [3.8, 4) is 6.07 Å². The second-order valence-electron chi connectivity index (χ2n) is 6.25. The minimum Gasteiger partial charge on any atom is -0.376 e. The zero-order chi connectivity index (χ0) is 17.6. The average molecular weight is 335 g/mol. The van der Waals surface area contributed by atoms with Crippen molar-refractivity contribution in [2.24, 2.45) is 0 Å². The SMILES string of the molecule is CCCCN(/C=C(/C#N)C(=O)NCCN1CCNCC1)CCCC. The quantitative estimate of drug-likeness (QED) is 0.440. The highest BCUT2D eigenvalue weighted by molar-refractivity contribution is 5.97. The van der Waals surface area contributed by atoms with Gasteiger partial charge in [-0.15, -0.1) is 0 Å². The lowest BCUT2D eigenvalue weighted by Crippen LogP contribution is -2.46. The standard InChI is InChI=1S/C18H33N5O/c1-3-5-10-23(11-6-4-2)16-17(15-19)18(24)21-9-14-22-12-7-20-8-13-22/h16,20H,3-14H2,1-2H3,(H,21,24)/b17-16-. The van der Waals surface area contributed by atoms with E-state index in [-0.39, 0.29) is 11.5 Å². The van der Waals surface area contributed by atoms with E-state index in [1.807, 2.05) is 0 Å². The maximum Gasteiger partial charge on any atom is 0.263 e. The molecule has 1 rings (SSSR count). The topological polar surface area (TPSA) is 71.4 Å². The number of nitrogens with zero attached hydrogens (tertiary/aromatic N) is 3. The Bertz CT molecular complexity index is 416. The van der Waals surface area contributed by atoms with Gasteiger partial charge >= 0.3 is 0 Å². The Balaban J connectivity index is 2.47. The van der Waals surface area contributed by atoms with E-state index in [4.69, 9.17) is 0 Å². The Hall–Kier alpha value is -1.58. The normalized spacial score (nSPS) is 15.8. The van der Waals surface area contributed by atoms with Crippen LogP contribution in [0.3, 0.4) is 0 Å². The van der Waals surface area contributed by atoms with Crippen LogP contribution in [0, 0.1) is 11.3 Å². The smallest absolute Gasteiger partial charge is 0.263 e. The summed E-state index contributed by atoms with van der Waals surface area (Å²) in [5.41, 5.74) is 0.211. The maximum atomic E-state index is 12.2. The summed E-state index contributed by atoms with van der Waals surface area (Å²) in [6.07, 6.45) is 6.10. The summed E-state index contributed by atoms with van der Waals surface area (Å²) >= 11 is 0. The summed E-state index contributed by atoms with van der Waals surface area (Å²) < 4.78 is 0. The lowest BCUT2D eigenvalue weighted by atomic mass is 10.2. The largest absolute Gasteiger partial charge is 0.376 e. The van der Waals surface area contributed by atoms with Gasteiger partial charge in [0.05, 0.1) is 0 Å². The van der Waals surface area contributed by atoms with Crippen LogP contribution in [-0.4, -0.2) is 68.1 Å². The number of rotatable bonds is 11. The van der Waals surface area contributed by atoms with Crippen LogP contribution in [0.4, 0.5) is 0 Å². The molecule has 136 valence electrons. The van der Waals surface area contributed by atoms with Crippen LogP contribution in [0.25, 0.3) is 0 Å². The summed E-state index contributed by atoms with van der Waals surface area (Å²) in [5, 5.41) is 15.5. The number of carbonyl (C=O) groups is 1. The van der Waals surface area contributed by atoms with E-state index in [1.165, 1.54) is 0 Å². The third kappa shape index (κ3) is 8.32. The van der Waals surface area contributed by atoms with E-state index in [2.05, 4.69) is 40.4 Å². The van der Waals surface area contributed by atoms with Crippen molar-refractivity contribution in [3.63, 3.8) is 0 Å². The Morgan fingerprint density at radius 3 is 2.42 bits per heavy atom. The van der Waals surface area contributed by atoms with Gasteiger partial charge in [-0.3, -0.25) is 9.69 Å². The maximum absolute atomic E-state index is 12.2. The van der Waals surface area contributed by atoms with Crippen molar-refractivity contribution < 1.29 is 4.79 Å². The monoisotopic (exact) mass is 335 g/mol. The molecule has 0 aromatic carbocycles. The minimum absolute atomic E-state index is 0.211. The van der Waals surface area contributed by atoms with Crippen molar-refractivity contribution in [3.05, 3.63) is 11.8 Å². The first-order valence-corrected chi connectivity index (χ1v) is 9.28. The Morgan fingerprint density at radius 1 is 1.25 bits per heavy atom. The van der Waals surface area contributed by atoms with Gasteiger partial charge in [0.15, 0.2) is 0 Å². The summed E-state index contributed by atoms with van der Waals surface area (Å²) in [5.74, 6) is -0.259. The van der Waals surface area contributed by atoms with E-state index in [0.717, 1.165) is 71.5 Å². The molecule has 2 N–H and O–H groups in total. The molecule has 1 amide bonds. The molecule has 1 aliphatic rings. The molecule has 1 heterocycles. The van der Waals surface area contributed by atoms with Crippen LogP contribution in [0.1, 0.15) is 39.5 Å². The molecule has 1 aliphatic heterocycles. The number of carbonyl (C=O) groups excluding carboxylic acids is 1. The van der Waals surface area contributed by atoms with Crippen LogP contribution < -0.4 is 10.6 Å². The minimum atomic E-state index is -0.259. The van der Waals surface area contributed by atoms with Gasteiger partial charge in [0.2, 0.25) is 0 Å². The summed E-state index contributed by atoms with van der Waals surface area (Å²) in [6.45, 7) is 11.5. The van der Waals surface area contributed by atoms with Crippen LogP contribution in [-0.2, 0) is 4.79 Å². The van der Waals surface area contributed by atoms with E-state index < -0.39 is 0 Å². The van der Waals surface area contributed by atoms with Crippen molar-refractivity contribution in [2.75, 3.05) is 52.4 Å². The molecule has 0 radical (unpaired) electrons. The van der Waals surface area contributed by atoms with E-state index in [0.29, 0.717) is 6.54 Å². The predicted molar refractivity (Wildman–Crippen MR) is 97.4 cm³/mol. The van der Waals surface area contributed by atoms with Gasteiger partial charge in [-0.2, -0.15) is 5.26 Å². The van der Waals surface area contributed by atoms with Crippen molar-refractivity contribution in [1.82, 2.24) is 20.4 Å². The molecular weight excluding hydrogens is 302 g/mol. The molecule has 6 nitrogen and oxygen atoms in total. The predicted octanol–water partition coefficient (Wildman–Crippen LogP) is 1.32. The van der Waals surface area contributed by atoms with Crippen molar-refractivity contribution in [2.45, 2.75) is 39.5 Å². The number of hydrogen-bond donors (Lipinski definition) is 2. The van der Waals surface area contributed by atoms with Crippen molar-refractivity contribution in [1.29, 1.82) is 5.26 Å². The summed E-state index contributed by atoms with van der Waals surface area (Å²) in [6, 6.07) is 2.06. The Kier molecular flexibility index (Phi) is 10.9. The highest BCUT2D eigenvalue weighted by atomic mass is 16.1. The third-order valence-electron chi connectivity index (χ3n) is 4.20. The number of piperazine rings is 1. The van der Waals surface area contributed by atoms with Gasteiger partial charge in [-0.1, -0.05) is 26.7 Å². The molecule has 0 aromatic rings. The average Bonchev–Trinajstić information content (AvgIpc) is 2.62. The fraction of sp³-hybridized carbons (Fsp3) is 0.778. The van der Waals surface area contributed by atoms with Gasteiger partial charge in [-0.05, 0) is 12.8 Å². The van der Waals surface area contributed by atoms with E-state index in [1.54, 1.807) is 6.20 Å². The molecule has 0 saturated carbocycles. The molecule has 0 bridgehead atoms. The van der Waals surface area contributed by atoms with Crippen LogP contribution in [0.15, 0.2) is 11.8 Å². The zero-order valence-electron chi connectivity index (χ0n) is 15.3. The zero-order valence-corrected chi connectivity index (χ0v) is 15.3. The molecular formula is C18H33N5O. The molecule has 0 atom stereocenters. The second kappa shape index (κ2) is 12.8. The molecule has 0 unspecified atom stereocenters. The first kappa shape index (κ1) is 20.5. The van der Waals surface area contributed by atoms with Crippen molar-refractivity contribution >= 4 is 5.91 Å². The Labute approximate surface area is 146 Å². The highest BCUT2D eigenvalue weighted by Gasteiger charge is 2.13. The third-order valence-corrected chi connectivity index (χ3v) is 4.20. The fourth-order valence-corrected chi connectivity index (χ4v) is 2.64. The molecule has 0 spiro atoms. The van der Waals surface area contributed by atoms with Gasteiger partial charge in [0.25, 0.3) is 5.91 Å². The molecule has 24 heavy (non-hydrogen) atoms. The van der Waals surface area contributed by atoms with E-state index in [9.17, 15) is 10.1 Å². The molecule has 6 heteroatoms. The summed E-state index contributed by atoms with van der Waals surface area (Å²) in [4.78, 5) is 16.7. The molecule has 0 aliphatic carbocycles. The second-order valence-corrected chi connectivity index (χ2v) is 6.25. The van der Waals surface area contributed by atoms with Gasteiger partial charge < -0.3 is 15.5 Å². The number of nitriles is 1. The fourth-order valence-electron chi connectivity index (χ4n) is 2.64. The molecule has 1 saturated heterocycles. The van der Waals surface area contributed by atoms with Gasteiger partial charge in [-0.25, -0.2) is 0 Å². The first-order chi connectivity index (χ1) is 11.7. The summed E-state index contributed by atoms with van der Waals surface area (Å²) in [7, 11) is 0. The lowest BCUT2D eigenvalue weighted by Gasteiger charge is -2.27. The lowest BCUT2D eigenvalue weighted by molar-refractivity contribution is -0.117. The van der Waals surface area contributed by atoms with Gasteiger partial charge in [0, 0.05) is 58.6 Å². The number of amides is 1. The molecule has 1 fully saturated rings. The number of hydrogen-bond acceptors (Lipinski definition) is 5. The highest BCUT2D eigenvalue weighted by Crippen LogP contribution is 2.04. The number of nitrogens with one attached hydrogen (secondary N) is 2. The van der Waals surface area contributed by atoms with Crippen LogP contribution in [0.2, 0.25) is 0 Å². The molecule has 0 aromatic heterocycles. The van der Waals surface area contributed by atoms with Crippen LogP contribution >= 0.6 is 0 Å². The number of unbranched alkanes of at least 4 members (excludes halogenated alkanes) is 2. The van der Waals surface area contributed by atoms with E-state index >= 15 is 0 Å².